The normalized spacial score (nSPS) is 27.5. The first kappa shape index (κ1) is 14.9. The summed E-state index contributed by atoms with van der Waals surface area (Å²) in [6, 6.07) is 3.07. The van der Waals surface area contributed by atoms with Crippen LogP contribution in [0.5, 0.6) is 0 Å². The third-order valence-corrected chi connectivity index (χ3v) is 4.92. The van der Waals surface area contributed by atoms with E-state index in [9.17, 15) is 8.78 Å². The molecule has 1 N–H and O–H groups in total. The molecule has 0 spiro atoms. The summed E-state index contributed by atoms with van der Waals surface area (Å²) in [6.07, 6.45) is 3.35. The molecule has 1 aliphatic rings. The fourth-order valence-electron chi connectivity index (χ4n) is 2.71. The zero-order valence-corrected chi connectivity index (χ0v) is 12.9. The molecular weight excluding hydrogens is 312 g/mol. The van der Waals surface area contributed by atoms with Gasteiger partial charge in [-0.2, -0.15) is 0 Å². The van der Waals surface area contributed by atoms with Crippen molar-refractivity contribution in [3.8, 4) is 0 Å². The minimum Gasteiger partial charge on any atom is -0.310 e. The van der Waals surface area contributed by atoms with Gasteiger partial charge in [0, 0.05) is 18.2 Å². The third kappa shape index (κ3) is 3.54. The highest BCUT2D eigenvalue weighted by Crippen LogP contribution is 2.30. The lowest BCUT2D eigenvalue weighted by molar-refractivity contribution is 0.224. The van der Waals surface area contributed by atoms with Crippen LogP contribution in [0.25, 0.3) is 0 Å². The number of rotatable bonds is 3. The summed E-state index contributed by atoms with van der Waals surface area (Å²) in [5.74, 6) is 0.441. The van der Waals surface area contributed by atoms with Crippen molar-refractivity contribution in [3.05, 3.63) is 33.8 Å². The Morgan fingerprint density at radius 2 is 1.95 bits per heavy atom. The number of hydrogen-bond donors (Lipinski definition) is 1. The highest BCUT2D eigenvalue weighted by molar-refractivity contribution is 9.10. The van der Waals surface area contributed by atoms with Gasteiger partial charge in [0.1, 0.15) is 11.6 Å². The Bertz CT molecular complexity index is 450. The summed E-state index contributed by atoms with van der Waals surface area (Å²) < 4.78 is 27.8. The van der Waals surface area contributed by atoms with E-state index in [4.69, 9.17) is 0 Å². The average molecular weight is 332 g/mol. The summed E-state index contributed by atoms with van der Waals surface area (Å²) in [7, 11) is 0. The van der Waals surface area contributed by atoms with E-state index in [1.807, 2.05) is 0 Å². The second kappa shape index (κ2) is 6.31. The summed E-state index contributed by atoms with van der Waals surface area (Å²) in [6.45, 7) is 4.77. The van der Waals surface area contributed by atoms with Crippen LogP contribution in [-0.2, 0) is 6.54 Å². The second-order valence-electron chi connectivity index (χ2n) is 5.67. The highest BCUT2D eigenvalue weighted by Gasteiger charge is 2.24. The van der Waals surface area contributed by atoms with Crippen LogP contribution in [0.1, 0.15) is 38.7 Å². The van der Waals surface area contributed by atoms with Gasteiger partial charge in [0.2, 0.25) is 0 Å². The Hall–Kier alpha value is -0.480. The van der Waals surface area contributed by atoms with Crippen LogP contribution in [0.15, 0.2) is 16.6 Å². The number of hydrogen-bond acceptors (Lipinski definition) is 1. The Morgan fingerprint density at radius 3 is 2.63 bits per heavy atom. The molecule has 19 heavy (non-hydrogen) atoms. The maximum Gasteiger partial charge on any atom is 0.144 e. The molecule has 3 atom stereocenters. The van der Waals surface area contributed by atoms with Crippen LogP contribution in [0, 0.1) is 23.5 Å². The predicted molar refractivity (Wildman–Crippen MR) is 76.9 cm³/mol. The van der Waals surface area contributed by atoms with Crippen molar-refractivity contribution < 1.29 is 8.78 Å². The van der Waals surface area contributed by atoms with Gasteiger partial charge in [0.05, 0.1) is 4.47 Å². The van der Waals surface area contributed by atoms with Gasteiger partial charge >= 0.3 is 0 Å². The lowest BCUT2D eigenvalue weighted by atomic mass is 9.79. The first-order chi connectivity index (χ1) is 8.99. The van der Waals surface area contributed by atoms with E-state index in [1.54, 1.807) is 0 Å². The molecule has 1 aliphatic carbocycles. The van der Waals surface area contributed by atoms with Crippen molar-refractivity contribution in [3.63, 3.8) is 0 Å². The van der Waals surface area contributed by atoms with Crippen LogP contribution in [0.4, 0.5) is 8.78 Å². The van der Waals surface area contributed by atoms with E-state index >= 15 is 0 Å². The van der Waals surface area contributed by atoms with E-state index in [1.165, 1.54) is 18.6 Å². The van der Waals surface area contributed by atoms with Crippen LogP contribution in [0.2, 0.25) is 0 Å². The van der Waals surface area contributed by atoms with Gasteiger partial charge in [-0.1, -0.05) is 13.8 Å². The number of benzene rings is 1. The van der Waals surface area contributed by atoms with Crippen molar-refractivity contribution in [2.45, 2.75) is 45.7 Å². The molecular formula is C15H20BrF2N. The summed E-state index contributed by atoms with van der Waals surface area (Å²) in [5, 5.41) is 3.30. The monoisotopic (exact) mass is 331 g/mol. The number of halogens is 3. The van der Waals surface area contributed by atoms with Crippen molar-refractivity contribution >= 4 is 15.9 Å². The molecule has 0 amide bonds. The zero-order chi connectivity index (χ0) is 14.0. The molecule has 1 saturated carbocycles. The molecule has 106 valence electrons. The van der Waals surface area contributed by atoms with Crippen LogP contribution in [-0.4, -0.2) is 6.04 Å². The Balaban J connectivity index is 1.98. The van der Waals surface area contributed by atoms with Gasteiger partial charge < -0.3 is 5.32 Å². The van der Waals surface area contributed by atoms with Crippen molar-refractivity contribution in [1.82, 2.24) is 5.32 Å². The zero-order valence-electron chi connectivity index (χ0n) is 11.3. The topological polar surface area (TPSA) is 12.0 Å². The van der Waals surface area contributed by atoms with Gasteiger partial charge in [0.15, 0.2) is 0 Å². The van der Waals surface area contributed by atoms with E-state index in [-0.39, 0.29) is 12.1 Å². The molecule has 0 aliphatic heterocycles. The average Bonchev–Trinajstić information content (AvgIpc) is 2.38. The molecule has 1 nitrogen and oxygen atoms in total. The molecule has 1 fully saturated rings. The molecule has 0 radical (unpaired) electrons. The first-order valence-electron chi connectivity index (χ1n) is 6.84. The van der Waals surface area contributed by atoms with Gasteiger partial charge in [-0.25, -0.2) is 8.78 Å². The molecule has 4 heteroatoms. The first-order valence-corrected chi connectivity index (χ1v) is 7.64. The van der Waals surface area contributed by atoms with Crippen molar-refractivity contribution in [2.75, 3.05) is 0 Å². The van der Waals surface area contributed by atoms with Gasteiger partial charge in [-0.05, 0) is 59.2 Å². The van der Waals surface area contributed by atoms with E-state index in [2.05, 4.69) is 35.1 Å². The Labute approximate surface area is 121 Å². The van der Waals surface area contributed by atoms with E-state index in [0.29, 0.717) is 16.4 Å². The SMILES string of the molecule is CC1CCC(NCc2c(F)ccc(Br)c2F)CC1C. The molecule has 0 saturated heterocycles. The fourth-order valence-corrected chi connectivity index (χ4v) is 3.08. The Morgan fingerprint density at radius 1 is 1.21 bits per heavy atom. The third-order valence-electron chi connectivity index (χ3n) is 4.30. The van der Waals surface area contributed by atoms with Gasteiger partial charge in [-0.3, -0.25) is 0 Å². The lowest BCUT2D eigenvalue weighted by Crippen LogP contribution is -2.36. The van der Waals surface area contributed by atoms with E-state index in [0.717, 1.165) is 18.8 Å². The van der Waals surface area contributed by atoms with Crippen LogP contribution in [0.3, 0.4) is 0 Å². The van der Waals surface area contributed by atoms with Crippen molar-refractivity contribution in [1.29, 1.82) is 0 Å². The molecule has 3 unspecified atom stereocenters. The Kier molecular flexibility index (Phi) is 4.96. The molecule has 0 heterocycles. The summed E-state index contributed by atoms with van der Waals surface area (Å²) in [4.78, 5) is 0. The second-order valence-corrected chi connectivity index (χ2v) is 6.52. The number of nitrogens with one attached hydrogen (secondary N) is 1. The summed E-state index contributed by atoms with van der Waals surface area (Å²) in [5.41, 5.74) is 0.126. The molecule has 1 aromatic carbocycles. The lowest BCUT2D eigenvalue weighted by Gasteiger charge is -2.32. The quantitative estimate of drug-likeness (QED) is 0.795. The minimum atomic E-state index is -0.496. The largest absolute Gasteiger partial charge is 0.310 e. The summed E-state index contributed by atoms with van der Waals surface area (Å²) >= 11 is 3.09. The molecule has 0 aromatic heterocycles. The maximum absolute atomic E-state index is 13.8. The van der Waals surface area contributed by atoms with Crippen LogP contribution < -0.4 is 5.32 Å². The van der Waals surface area contributed by atoms with Crippen LogP contribution >= 0.6 is 15.9 Å². The van der Waals surface area contributed by atoms with Crippen molar-refractivity contribution in [2.24, 2.45) is 11.8 Å². The minimum absolute atomic E-state index is 0.126. The maximum atomic E-state index is 13.8. The highest BCUT2D eigenvalue weighted by atomic mass is 79.9. The standard InChI is InChI=1S/C15H20BrF2N/c1-9-3-4-11(7-10(9)2)19-8-12-14(17)6-5-13(16)15(12)18/h5-6,9-11,19H,3-4,7-8H2,1-2H3. The molecule has 1 aromatic rings. The fraction of sp³-hybridized carbons (Fsp3) is 0.600. The molecule has 0 bridgehead atoms. The van der Waals surface area contributed by atoms with Gasteiger partial charge in [0.25, 0.3) is 0 Å². The smallest absolute Gasteiger partial charge is 0.144 e. The molecule has 2 rings (SSSR count). The predicted octanol–water partition coefficient (Wildman–Crippen LogP) is 4.64. The van der Waals surface area contributed by atoms with E-state index < -0.39 is 11.6 Å². The van der Waals surface area contributed by atoms with Gasteiger partial charge in [-0.15, -0.1) is 0 Å².